The minimum Gasteiger partial charge on any atom is -0.0735 e. The Morgan fingerprint density at radius 1 is 0.857 bits per heavy atom. The first-order valence-electron chi connectivity index (χ1n) is 10.2. The summed E-state index contributed by atoms with van der Waals surface area (Å²) < 4.78 is 0. The molecule has 1 heteroatoms. The van der Waals surface area contributed by atoms with Crippen LogP contribution >= 0.6 is 0 Å². The minimum absolute atomic E-state index is 0. The van der Waals surface area contributed by atoms with E-state index in [-0.39, 0.29) is 26.2 Å². The Balaban J connectivity index is 0.00000192. The number of rotatable bonds is 2. The Morgan fingerprint density at radius 2 is 1.64 bits per heavy atom. The molecule has 2 aliphatic rings. The van der Waals surface area contributed by atoms with E-state index in [1.807, 2.05) is 0 Å². The maximum Gasteiger partial charge on any atom is 0 e. The number of hydrogen-bond acceptors (Lipinski definition) is 0. The number of aryl methyl sites for hydroxylation is 1. The summed E-state index contributed by atoms with van der Waals surface area (Å²) in [6.07, 6.45) is 15.4. The van der Waals surface area contributed by atoms with Crippen LogP contribution in [0.5, 0.6) is 0 Å². The first-order valence-corrected chi connectivity index (χ1v) is 10.2. The molecular weight excluding hydrogens is 416 g/mol. The molecule has 3 aromatic rings. The normalized spacial score (nSPS) is 17.7. The summed E-state index contributed by atoms with van der Waals surface area (Å²) in [5.41, 5.74) is 5.25. The van der Waals surface area contributed by atoms with Crippen molar-refractivity contribution in [2.75, 3.05) is 0 Å². The van der Waals surface area contributed by atoms with E-state index >= 15 is 0 Å². The molecule has 1 fully saturated rings. The topological polar surface area (TPSA) is 0 Å². The van der Waals surface area contributed by atoms with Crippen LogP contribution in [0.4, 0.5) is 0 Å². The Hall–Kier alpha value is -1.72. The Bertz CT molecular complexity index is 1160. The van der Waals surface area contributed by atoms with Crippen molar-refractivity contribution in [3.05, 3.63) is 82.2 Å². The molecular formula is C27H25Zr. The summed E-state index contributed by atoms with van der Waals surface area (Å²) in [6.45, 7) is 2.20. The van der Waals surface area contributed by atoms with Crippen molar-refractivity contribution in [2.24, 2.45) is 5.92 Å². The van der Waals surface area contributed by atoms with Crippen LogP contribution in [-0.4, -0.2) is 0 Å². The van der Waals surface area contributed by atoms with Crippen LogP contribution in [0.15, 0.2) is 66.2 Å². The maximum absolute atomic E-state index is 3.71. The molecule has 28 heavy (non-hydrogen) atoms. The van der Waals surface area contributed by atoms with Crippen LogP contribution in [0.2, 0.25) is 0 Å². The van der Waals surface area contributed by atoms with Crippen LogP contribution in [0.1, 0.15) is 37.7 Å². The van der Waals surface area contributed by atoms with Crippen LogP contribution in [-0.2, 0) is 26.2 Å². The Labute approximate surface area is 186 Å². The van der Waals surface area contributed by atoms with Gasteiger partial charge in [0, 0.05) is 26.2 Å². The van der Waals surface area contributed by atoms with Gasteiger partial charge in [-0.1, -0.05) is 79.9 Å². The molecule has 0 saturated heterocycles. The largest absolute Gasteiger partial charge is 0.0735 e. The zero-order valence-electron chi connectivity index (χ0n) is 16.5. The molecule has 1 saturated carbocycles. The number of allylic oxidation sites excluding steroid dienone is 2. The molecule has 0 heterocycles. The van der Waals surface area contributed by atoms with Gasteiger partial charge >= 0.3 is 0 Å². The molecule has 5 rings (SSSR count). The van der Waals surface area contributed by atoms with Gasteiger partial charge in [0.15, 0.2) is 0 Å². The van der Waals surface area contributed by atoms with Crippen molar-refractivity contribution in [3.63, 3.8) is 0 Å². The zero-order chi connectivity index (χ0) is 18.2. The molecule has 1 radical (unpaired) electrons. The van der Waals surface area contributed by atoms with Gasteiger partial charge in [-0.25, -0.2) is 0 Å². The van der Waals surface area contributed by atoms with E-state index in [1.54, 1.807) is 0 Å². The molecule has 0 N–H and O–H groups in total. The smallest absolute Gasteiger partial charge is 0 e. The predicted molar refractivity (Wildman–Crippen MR) is 116 cm³/mol. The van der Waals surface area contributed by atoms with E-state index in [1.165, 1.54) is 75.6 Å². The molecule has 0 unspecified atom stereocenters. The molecule has 137 valence electrons. The van der Waals surface area contributed by atoms with Gasteiger partial charge in [0.1, 0.15) is 0 Å². The second-order valence-corrected chi connectivity index (χ2v) is 8.03. The van der Waals surface area contributed by atoms with Gasteiger partial charge in [0.05, 0.1) is 0 Å². The van der Waals surface area contributed by atoms with Crippen LogP contribution in [0.25, 0.3) is 34.1 Å². The molecule has 0 bridgehead atoms. The molecule has 0 aliphatic heterocycles. The fourth-order valence-corrected chi connectivity index (χ4v) is 4.72. The third-order valence-corrected chi connectivity index (χ3v) is 6.17. The van der Waals surface area contributed by atoms with Gasteiger partial charge in [-0.3, -0.25) is 0 Å². The number of hydrogen-bond donors (Lipinski definition) is 0. The van der Waals surface area contributed by atoms with E-state index in [0.717, 1.165) is 5.92 Å². The van der Waals surface area contributed by atoms with Crippen LogP contribution < -0.4 is 10.4 Å². The van der Waals surface area contributed by atoms with Crippen molar-refractivity contribution in [2.45, 2.75) is 39.0 Å². The first-order chi connectivity index (χ1) is 13.3. The second kappa shape index (κ2) is 8.34. The molecule has 0 spiro atoms. The number of benzene rings is 3. The van der Waals surface area contributed by atoms with Gasteiger partial charge in [0.2, 0.25) is 0 Å². The molecule has 0 atom stereocenters. The summed E-state index contributed by atoms with van der Waals surface area (Å²) in [5, 5.41) is 5.24. The molecule has 2 aliphatic carbocycles. The Morgan fingerprint density at radius 3 is 2.50 bits per heavy atom. The monoisotopic (exact) mass is 439 g/mol. The van der Waals surface area contributed by atoms with Gasteiger partial charge in [-0.05, 0) is 81.3 Å². The quantitative estimate of drug-likeness (QED) is 0.474. The van der Waals surface area contributed by atoms with Crippen molar-refractivity contribution < 1.29 is 26.2 Å². The molecule has 3 aromatic carbocycles. The zero-order valence-corrected chi connectivity index (χ0v) is 18.9. The van der Waals surface area contributed by atoms with Crippen LogP contribution in [0, 0.1) is 12.8 Å². The average Bonchev–Trinajstić information content (AvgIpc) is 3.13. The molecule has 0 amide bonds. The van der Waals surface area contributed by atoms with Crippen molar-refractivity contribution >= 4 is 22.9 Å². The van der Waals surface area contributed by atoms with E-state index in [4.69, 9.17) is 0 Å². The Kier molecular flexibility index (Phi) is 5.84. The third-order valence-electron chi connectivity index (χ3n) is 6.17. The summed E-state index contributed by atoms with van der Waals surface area (Å²) in [5.74, 6) is 0.730. The average molecular weight is 441 g/mol. The summed E-state index contributed by atoms with van der Waals surface area (Å²) in [4.78, 5) is 0. The predicted octanol–water partition coefficient (Wildman–Crippen LogP) is 5.77. The second-order valence-electron chi connectivity index (χ2n) is 8.03. The van der Waals surface area contributed by atoms with E-state index in [0.29, 0.717) is 0 Å². The van der Waals surface area contributed by atoms with Crippen molar-refractivity contribution in [1.82, 2.24) is 0 Å². The van der Waals surface area contributed by atoms with Gasteiger partial charge in [-0.15, -0.1) is 0 Å². The van der Waals surface area contributed by atoms with E-state index in [2.05, 4.69) is 79.7 Å². The fraction of sp³-hybridized carbons (Fsp3) is 0.259. The standard InChI is InChI=1S/C27H25.Zr/c1-19-14-15-25(24-13-7-11-22-10-5-6-12-23(22)24)27-18-21(17-26(19)27)16-20-8-3-2-4-9-20;/h5-7,10-16,18,20H,2-4,8-9H2,1H3;. The maximum atomic E-state index is 3.71. The van der Waals surface area contributed by atoms with Crippen molar-refractivity contribution in [3.8, 4) is 11.1 Å². The van der Waals surface area contributed by atoms with Gasteiger partial charge in [-0.2, -0.15) is 0 Å². The van der Waals surface area contributed by atoms with Gasteiger partial charge < -0.3 is 0 Å². The summed E-state index contributed by atoms with van der Waals surface area (Å²) in [6, 6.07) is 19.8. The SMILES string of the molecule is Cc1ccc(-c2cccc3ccccc23)c2c1=[C]C(=CC1CCCCC1)C=2.[Zr]. The fourth-order valence-electron chi connectivity index (χ4n) is 4.72. The number of fused-ring (bicyclic) bond motifs is 2. The van der Waals surface area contributed by atoms with Crippen LogP contribution in [0.3, 0.4) is 0 Å². The third kappa shape index (κ3) is 3.62. The first kappa shape index (κ1) is 19.6. The molecule has 0 nitrogen and oxygen atoms in total. The summed E-state index contributed by atoms with van der Waals surface area (Å²) >= 11 is 0. The van der Waals surface area contributed by atoms with E-state index in [9.17, 15) is 0 Å². The van der Waals surface area contributed by atoms with Gasteiger partial charge in [0.25, 0.3) is 0 Å². The van der Waals surface area contributed by atoms with E-state index < -0.39 is 0 Å². The molecule has 0 aromatic heterocycles. The minimum atomic E-state index is 0. The summed E-state index contributed by atoms with van der Waals surface area (Å²) in [7, 11) is 0. The van der Waals surface area contributed by atoms with Crippen molar-refractivity contribution in [1.29, 1.82) is 0 Å².